The van der Waals surface area contributed by atoms with Crippen LogP contribution in [0.2, 0.25) is 0 Å². The van der Waals surface area contributed by atoms with Crippen LogP contribution in [-0.4, -0.2) is 25.9 Å². The number of hydrogen-bond donors (Lipinski definition) is 1. The fourth-order valence-corrected chi connectivity index (χ4v) is 4.04. The van der Waals surface area contributed by atoms with Crippen LogP contribution in [0.3, 0.4) is 0 Å². The van der Waals surface area contributed by atoms with Crippen molar-refractivity contribution >= 4 is 17.4 Å². The van der Waals surface area contributed by atoms with Crippen LogP contribution in [0.25, 0.3) is 11.3 Å². The van der Waals surface area contributed by atoms with Gasteiger partial charge in [-0.05, 0) is 24.6 Å². The Bertz CT molecular complexity index is 937. The lowest BCUT2D eigenvalue weighted by Crippen LogP contribution is -2.17. The van der Waals surface area contributed by atoms with E-state index in [4.69, 9.17) is 9.72 Å². The Labute approximate surface area is 175 Å². The van der Waals surface area contributed by atoms with E-state index in [1.807, 2.05) is 36.4 Å². The van der Waals surface area contributed by atoms with E-state index >= 15 is 0 Å². The van der Waals surface area contributed by atoms with E-state index < -0.39 is 0 Å². The normalized spacial score (nSPS) is 14.9. The highest BCUT2D eigenvalue weighted by Gasteiger charge is 2.25. The van der Waals surface area contributed by atoms with Crippen LogP contribution in [0, 0.1) is 0 Å². The molecule has 0 bridgehead atoms. The van der Waals surface area contributed by atoms with Crippen molar-refractivity contribution in [2.24, 2.45) is 0 Å². The van der Waals surface area contributed by atoms with Crippen LogP contribution >= 0.6 is 11.8 Å². The first-order valence-electron chi connectivity index (χ1n) is 10.1. The van der Waals surface area contributed by atoms with Gasteiger partial charge in [0.1, 0.15) is 0 Å². The molecular formula is C22H25N5OS. The monoisotopic (exact) mass is 407 g/mol. The van der Waals surface area contributed by atoms with Crippen molar-refractivity contribution in [2.45, 2.75) is 50.4 Å². The van der Waals surface area contributed by atoms with E-state index in [-0.39, 0.29) is 6.23 Å². The Hall–Kier alpha value is -2.67. The maximum absolute atomic E-state index is 6.26. The van der Waals surface area contributed by atoms with Crippen LogP contribution < -0.4 is 10.1 Å². The molecule has 29 heavy (non-hydrogen) atoms. The van der Waals surface area contributed by atoms with Gasteiger partial charge in [-0.3, -0.25) is 4.98 Å². The summed E-state index contributed by atoms with van der Waals surface area (Å²) < 4.78 is 6.26. The third kappa shape index (κ3) is 4.85. The molecule has 4 rings (SSSR count). The smallest absolute Gasteiger partial charge is 0.247 e. The van der Waals surface area contributed by atoms with Gasteiger partial charge in [0, 0.05) is 35.0 Å². The number of pyridine rings is 1. The molecule has 0 fully saturated rings. The predicted octanol–water partition coefficient (Wildman–Crippen LogP) is 5.50. The Morgan fingerprint density at radius 3 is 2.69 bits per heavy atom. The molecule has 0 saturated heterocycles. The lowest BCUT2D eigenvalue weighted by atomic mass is 10.1. The molecule has 0 amide bonds. The summed E-state index contributed by atoms with van der Waals surface area (Å²) in [7, 11) is 0. The Balaban J connectivity index is 1.56. The summed E-state index contributed by atoms with van der Waals surface area (Å²) in [6, 6.07) is 11.9. The molecule has 150 valence electrons. The molecule has 1 atom stereocenters. The standard InChI is InChI=1S/C22H25N5OS/c1-2-3-4-5-8-15-29-22-25-21-19(26-27-22)17-9-6-7-10-18(17)24-20(28-21)16-11-13-23-14-12-16/h6-7,9-14,20,24H,2-5,8,15H2,1H3/t20-/m1/s1. The molecule has 1 aliphatic rings. The minimum Gasteiger partial charge on any atom is -0.448 e. The Morgan fingerprint density at radius 1 is 1.00 bits per heavy atom. The molecule has 0 radical (unpaired) electrons. The van der Waals surface area contributed by atoms with Crippen molar-refractivity contribution in [2.75, 3.05) is 11.1 Å². The highest BCUT2D eigenvalue weighted by Crippen LogP contribution is 2.39. The van der Waals surface area contributed by atoms with E-state index in [0.717, 1.165) is 29.0 Å². The number of aromatic nitrogens is 4. The Morgan fingerprint density at radius 2 is 1.83 bits per heavy atom. The lowest BCUT2D eigenvalue weighted by molar-refractivity contribution is 0.225. The zero-order valence-corrected chi connectivity index (χ0v) is 17.4. The molecule has 0 unspecified atom stereocenters. The van der Waals surface area contributed by atoms with Crippen molar-refractivity contribution in [1.29, 1.82) is 0 Å². The highest BCUT2D eigenvalue weighted by atomic mass is 32.2. The van der Waals surface area contributed by atoms with Gasteiger partial charge in [-0.15, -0.1) is 10.2 Å². The average Bonchev–Trinajstić information content (AvgIpc) is 2.93. The zero-order chi connectivity index (χ0) is 19.9. The number of para-hydroxylation sites is 1. The number of ether oxygens (including phenoxy) is 1. The Kier molecular flexibility index (Phi) is 6.56. The number of benzene rings is 1. The van der Waals surface area contributed by atoms with E-state index in [1.54, 1.807) is 24.2 Å². The van der Waals surface area contributed by atoms with Crippen molar-refractivity contribution in [1.82, 2.24) is 20.2 Å². The summed E-state index contributed by atoms with van der Waals surface area (Å²) in [4.78, 5) is 8.80. The number of fused-ring (bicyclic) bond motifs is 3. The molecule has 2 aromatic heterocycles. The lowest BCUT2D eigenvalue weighted by Gasteiger charge is -2.19. The van der Waals surface area contributed by atoms with Gasteiger partial charge in [-0.25, -0.2) is 0 Å². The van der Waals surface area contributed by atoms with E-state index in [0.29, 0.717) is 16.7 Å². The van der Waals surface area contributed by atoms with Crippen LogP contribution in [0.15, 0.2) is 53.9 Å². The van der Waals surface area contributed by atoms with Gasteiger partial charge in [0.05, 0.1) is 0 Å². The molecule has 3 aromatic rings. The fourth-order valence-electron chi connectivity index (χ4n) is 3.27. The van der Waals surface area contributed by atoms with Crippen molar-refractivity contribution in [3.63, 3.8) is 0 Å². The second-order valence-electron chi connectivity index (χ2n) is 6.98. The second kappa shape index (κ2) is 9.69. The summed E-state index contributed by atoms with van der Waals surface area (Å²) in [5.74, 6) is 1.50. The van der Waals surface area contributed by atoms with Crippen molar-refractivity contribution in [3.8, 4) is 17.1 Å². The van der Waals surface area contributed by atoms with E-state index in [9.17, 15) is 0 Å². The molecule has 6 nitrogen and oxygen atoms in total. The van der Waals surface area contributed by atoms with Gasteiger partial charge in [0.15, 0.2) is 11.9 Å². The third-order valence-corrected chi connectivity index (χ3v) is 5.75. The average molecular weight is 408 g/mol. The second-order valence-corrected chi connectivity index (χ2v) is 8.04. The molecule has 1 aliphatic heterocycles. The molecular weight excluding hydrogens is 382 g/mol. The van der Waals surface area contributed by atoms with Gasteiger partial charge in [0.2, 0.25) is 11.0 Å². The maximum Gasteiger partial charge on any atom is 0.247 e. The van der Waals surface area contributed by atoms with Crippen LogP contribution in [0.4, 0.5) is 5.69 Å². The number of nitrogens with zero attached hydrogens (tertiary/aromatic N) is 4. The molecule has 1 aromatic carbocycles. The number of anilines is 1. The van der Waals surface area contributed by atoms with Crippen LogP contribution in [0.1, 0.15) is 50.8 Å². The zero-order valence-electron chi connectivity index (χ0n) is 16.5. The summed E-state index contributed by atoms with van der Waals surface area (Å²) in [6.07, 6.45) is 9.41. The summed E-state index contributed by atoms with van der Waals surface area (Å²) in [5, 5.41) is 12.9. The quantitative estimate of drug-likeness (QED) is 0.390. The molecule has 0 spiro atoms. The van der Waals surface area contributed by atoms with Gasteiger partial charge < -0.3 is 10.1 Å². The van der Waals surface area contributed by atoms with Crippen LogP contribution in [0.5, 0.6) is 5.88 Å². The first-order valence-corrected chi connectivity index (χ1v) is 11.1. The molecule has 1 N–H and O–H groups in total. The minimum atomic E-state index is -0.371. The molecule has 0 aliphatic carbocycles. The van der Waals surface area contributed by atoms with Crippen molar-refractivity contribution < 1.29 is 4.74 Å². The third-order valence-electron chi connectivity index (χ3n) is 4.82. The number of unbranched alkanes of at least 4 members (excludes halogenated alkanes) is 4. The summed E-state index contributed by atoms with van der Waals surface area (Å²) >= 11 is 1.64. The minimum absolute atomic E-state index is 0.371. The van der Waals surface area contributed by atoms with E-state index in [2.05, 4.69) is 27.4 Å². The van der Waals surface area contributed by atoms with Gasteiger partial charge in [0.25, 0.3) is 0 Å². The van der Waals surface area contributed by atoms with Gasteiger partial charge in [-0.2, -0.15) is 4.98 Å². The fraction of sp³-hybridized carbons (Fsp3) is 0.364. The van der Waals surface area contributed by atoms with Crippen LogP contribution in [-0.2, 0) is 0 Å². The number of rotatable bonds is 8. The maximum atomic E-state index is 6.26. The van der Waals surface area contributed by atoms with Crippen molar-refractivity contribution in [3.05, 3.63) is 54.4 Å². The molecule has 0 saturated carbocycles. The summed E-state index contributed by atoms with van der Waals surface area (Å²) in [5.41, 5.74) is 3.53. The summed E-state index contributed by atoms with van der Waals surface area (Å²) in [6.45, 7) is 2.23. The SMILES string of the molecule is CCCCCCCSc1nnc2c(n1)O[C@H](c1ccncc1)Nc1ccccc1-2. The highest BCUT2D eigenvalue weighted by molar-refractivity contribution is 7.99. The number of thioether (sulfide) groups is 1. The van der Waals surface area contributed by atoms with E-state index in [1.165, 1.54) is 25.7 Å². The molecule has 3 heterocycles. The first-order chi connectivity index (χ1) is 14.3. The van der Waals surface area contributed by atoms with Gasteiger partial charge >= 0.3 is 0 Å². The number of hydrogen-bond acceptors (Lipinski definition) is 7. The van der Waals surface area contributed by atoms with Gasteiger partial charge in [-0.1, -0.05) is 62.6 Å². The number of nitrogens with one attached hydrogen (secondary N) is 1. The first kappa shape index (κ1) is 19.6. The topological polar surface area (TPSA) is 72.8 Å². The molecule has 7 heteroatoms. The largest absolute Gasteiger partial charge is 0.448 e. The predicted molar refractivity (Wildman–Crippen MR) is 116 cm³/mol.